The van der Waals surface area contributed by atoms with Gasteiger partial charge in [0.25, 0.3) is 11.8 Å². The highest BCUT2D eigenvalue weighted by Crippen LogP contribution is 2.32. The Morgan fingerprint density at radius 3 is 2.45 bits per heavy atom. The molecule has 0 aliphatic carbocycles. The maximum Gasteiger partial charge on any atom is 0.269 e. The average molecular weight is 482 g/mol. The van der Waals surface area contributed by atoms with Gasteiger partial charge in [-0.1, -0.05) is 78.4 Å². The molecular weight excluding hydrogens is 454 g/mol. The first kappa shape index (κ1) is 24.7. The zero-order valence-electron chi connectivity index (χ0n) is 18.7. The number of hydrogen-bond donors (Lipinski definition) is 2. The molecule has 0 unspecified atom stereocenters. The van der Waals surface area contributed by atoms with E-state index in [1.165, 1.54) is 17.3 Å². The molecule has 0 radical (unpaired) electrons. The number of thiocarbonyl (C=S) groups is 1. The molecule has 0 aromatic heterocycles. The van der Waals surface area contributed by atoms with Crippen molar-refractivity contribution >= 4 is 52.1 Å². The number of thioether (sulfide) groups is 1. The van der Waals surface area contributed by atoms with Crippen molar-refractivity contribution in [2.75, 3.05) is 6.54 Å². The van der Waals surface area contributed by atoms with E-state index in [-0.39, 0.29) is 17.7 Å². The summed E-state index contributed by atoms with van der Waals surface area (Å²) in [6, 6.07) is 15.2. The quantitative estimate of drug-likeness (QED) is 0.251. The van der Waals surface area contributed by atoms with Crippen molar-refractivity contribution in [2.45, 2.75) is 39.5 Å². The molecule has 1 heterocycles. The van der Waals surface area contributed by atoms with Crippen LogP contribution in [-0.4, -0.2) is 33.5 Å². The predicted octanol–water partition coefficient (Wildman–Crippen LogP) is 4.53. The van der Waals surface area contributed by atoms with Gasteiger partial charge >= 0.3 is 0 Å². The molecule has 0 atom stereocenters. The summed E-state index contributed by atoms with van der Waals surface area (Å²) in [4.78, 5) is 39.1. The Morgan fingerprint density at radius 1 is 1.00 bits per heavy atom. The van der Waals surface area contributed by atoms with E-state index in [1.54, 1.807) is 17.0 Å². The topological polar surface area (TPSA) is 78.5 Å². The summed E-state index contributed by atoms with van der Waals surface area (Å²) in [5.41, 5.74) is 8.41. The van der Waals surface area contributed by atoms with Crippen LogP contribution in [0.25, 0.3) is 6.08 Å². The largest absolute Gasteiger partial charge is 0.293 e. The SMILES string of the molecule is Cc1ccc(/C=C2\SC(=S)N(CCCCCC(=O)NNC(=O)c3ccccc3C)C2=O)cc1. The average Bonchev–Trinajstić information content (AvgIpc) is 3.06. The third-order valence-electron chi connectivity index (χ3n) is 5.24. The first-order valence-electron chi connectivity index (χ1n) is 10.8. The standard InChI is InChI=1S/C25H27N3O3S2/c1-17-11-13-19(14-12-17)16-21-24(31)28(25(32)33-21)15-7-3-4-10-22(29)26-27-23(30)20-9-6-5-8-18(20)2/h5-6,8-9,11-14,16H,3-4,7,10,15H2,1-2H3,(H,26,29)(H,27,30)/b21-16-. The smallest absolute Gasteiger partial charge is 0.269 e. The van der Waals surface area contributed by atoms with Gasteiger partial charge in [-0.2, -0.15) is 0 Å². The number of carbonyl (C=O) groups excluding carboxylic acids is 3. The van der Waals surface area contributed by atoms with E-state index in [2.05, 4.69) is 10.9 Å². The van der Waals surface area contributed by atoms with Crippen LogP contribution in [0.4, 0.5) is 0 Å². The van der Waals surface area contributed by atoms with Crippen LogP contribution in [0, 0.1) is 13.8 Å². The Labute approximate surface area is 203 Å². The fourth-order valence-electron chi connectivity index (χ4n) is 3.32. The third-order valence-corrected chi connectivity index (χ3v) is 6.62. The first-order valence-corrected chi connectivity index (χ1v) is 12.0. The Morgan fingerprint density at radius 2 is 1.73 bits per heavy atom. The lowest BCUT2D eigenvalue weighted by molar-refractivity contribution is -0.123. The zero-order chi connectivity index (χ0) is 23.8. The van der Waals surface area contributed by atoms with Gasteiger partial charge in [0.05, 0.1) is 4.91 Å². The fourth-order valence-corrected chi connectivity index (χ4v) is 4.63. The summed E-state index contributed by atoms with van der Waals surface area (Å²) >= 11 is 6.70. The van der Waals surface area contributed by atoms with Gasteiger partial charge in [0.2, 0.25) is 5.91 Å². The van der Waals surface area contributed by atoms with Crippen LogP contribution >= 0.6 is 24.0 Å². The van der Waals surface area contributed by atoms with Crippen LogP contribution in [0.2, 0.25) is 0 Å². The van der Waals surface area contributed by atoms with Crippen molar-refractivity contribution in [1.29, 1.82) is 0 Å². The van der Waals surface area contributed by atoms with Crippen LogP contribution in [-0.2, 0) is 9.59 Å². The molecular formula is C25H27N3O3S2. The van der Waals surface area contributed by atoms with Crippen LogP contribution in [0.15, 0.2) is 53.4 Å². The lowest BCUT2D eigenvalue weighted by Crippen LogP contribution is -2.41. The van der Waals surface area contributed by atoms with E-state index in [4.69, 9.17) is 12.2 Å². The summed E-state index contributed by atoms with van der Waals surface area (Å²) in [5, 5.41) is 0. The molecule has 3 amide bonds. The Hall–Kier alpha value is -2.97. The van der Waals surface area contributed by atoms with Gasteiger partial charge in [0, 0.05) is 18.5 Å². The van der Waals surface area contributed by atoms with Crippen molar-refractivity contribution in [3.05, 3.63) is 75.7 Å². The summed E-state index contributed by atoms with van der Waals surface area (Å²) < 4.78 is 0.565. The number of rotatable bonds is 8. The molecule has 1 fully saturated rings. The Balaban J connectivity index is 1.36. The molecule has 172 valence electrons. The van der Waals surface area contributed by atoms with E-state index in [9.17, 15) is 14.4 Å². The molecule has 0 bridgehead atoms. The van der Waals surface area contributed by atoms with Crippen molar-refractivity contribution in [2.24, 2.45) is 0 Å². The van der Waals surface area contributed by atoms with Gasteiger partial charge in [-0.15, -0.1) is 0 Å². The van der Waals surface area contributed by atoms with Crippen molar-refractivity contribution in [3.63, 3.8) is 0 Å². The molecule has 1 aliphatic heterocycles. The normalized spacial score (nSPS) is 14.6. The predicted molar refractivity (Wildman–Crippen MR) is 136 cm³/mol. The van der Waals surface area contributed by atoms with Crippen molar-refractivity contribution < 1.29 is 14.4 Å². The number of nitrogens with one attached hydrogen (secondary N) is 2. The van der Waals surface area contributed by atoms with Gasteiger partial charge in [-0.05, 0) is 50.0 Å². The molecule has 33 heavy (non-hydrogen) atoms. The minimum atomic E-state index is -0.338. The number of benzene rings is 2. The van der Waals surface area contributed by atoms with Gasteiger partial charge < -0.3 is 0 Å². The molecule has 8 heteroatoms. The first-order chi connectivity index (χ1) is 15.8. The van der Waals surface area contributed by atoms with Gasteiger partial charge in [-0.3, -0.25) is 30.1 Å². The molecule has 6 nitrogen and oxygen atoms in total. The fraction of sp³-hybridized carbons (Fsp3) is 0.280. The lowest BCUT2D eigenvalue weighted by atomic mass is 10.1. The zero-order valence-corrected chi connectivity index (χ0v) is 20.4. The molecule has 2 aromatic carbocycles. The number of hydrazine groups is 1. The highest BCUT2D eigenvalue weighted by molar-refractivity contribution is 8.26. The molecule has 2 aromatic rings. The highest BCUT2D eigenvalue weighted by Gasteiger charge is 2.31. The van der Waals surface area contributed by atoms with Gasteiger partial charge in [0.15, 0.2) is 0 Å². The highest BCUT2D eigenvalue weighted by atomic mass is 32.2. The second-order valence-electron chi connectivity index (χ2n) is 7.87. The second-order valence-corrected chi connectivity index (χ2v) is 9.55. The van der Waals surface area contributed by atoms with Gasteiger partial charge in [0.1, 0.15) is 4.32 Å². The van der Waals surface area contributed by atoms with Crippen LogP contribution in [0.1, 0.15) is 52.7 Å². The summed E-state index contributed by atoms with van der Waals surface area (Å²) in [6.07, 6.45) is 4.33. The minimum Gasteiger partial charge on any atom is -0.293 e. The van der Waals surface area contributed by atoms with E-state index in [1.807, 2.05) is 56.3 Å². The maximum atomic E-state index is 12.7. The van der Waals surface area contributed by atoms with Gasteiger partial charge in [-0.25, -0.2) is 0 Å². The molecule has 0 saturated carbocycles. The monoisotopic (exact) mass is 481 g/mol. The van der Waals surface area contributed by atoms with Crippen molar-refractivity contribution in [1.82, 2.24) is 15.8 Å². The Bertz CT molecular complexity index is 1080. The summed E-state index contributed by atoms with van der Waals surface area (Å²) in [5.74, 6) is -0.652. The molecule has 2 N–H and O–H groups in total. The molecule has 1 aliphatic rings. The minimum absolute atomic E-state index is 0.0674. The number of aryl methyl sites for hydroxylation is 2. The summed E-state index contributed by atoms with van der Waals surface area (Å²) in [7, 11) is 0. The number of hydrogen-bond acceptors (Lipinski definition) is 5. The van der Waals surface area contributed by atoms with Crippen LogP contribution in [0.5, 0.6) is 0 Å². The second kappa shape index (κ2) is 11.8. The lowest BCUT2D eigenvalue weighted by Gasteiger charge is -2.14. The summed E-state index contributed by atoms with van der Waals surface area (Å²) in [6.45, 7) is 4.39. The van der Waals surface area contributed by atoms with Crippen molar-refractivity contribution in [3.8, 4) is 0 Å². The van der Waals surface area contributed by atoms with Crippen LogP contribution in [0.3, 0.4) is 0 Å². The third kappa shape index (κ3) is 7.00. The Kier molecular flexibility index (Phi) is 8.79. The molecule has 0 spiro atoms. The molecule has 3 rings (SSSR count). The number of nitrogens with zero attached hydrogens (tertiary/aromatic N) is 1. The van der Waals surface area contributed by atoms with Crippen LogP contribution < -0.4 is 10.9 Å². The van der Waals surface area contributed by atoms with E-state index in [0.29, 0.717) is 34.2 Å². The number of amides is 3. The van der Waals surface area contributed by atoms with E-state index >= 15 is 0 Å². The van der Waals surface area contributed by atoms with E-state index in [0.717, 1.165) is 24.0 Å². The number of carbonyl (C=O) groups is 3. The number of unbranched alkanes of at least 4 members (excludes halogenated alkanes) is 2. The molecule has 1 saturated heterocycles. The van der Waals surface area contributed by atoms with E-state index < -0.39 is 0 Å². The maximum absolute atomic E-state index is 12.7.